The Labute approximate surface area is 250 Å². The van der Waals surface area contributed by atoms with Gasteiger partial charge in [0.25, 0.3) is 0 Å². The van der Waals surface area contributed by atoms with Crippen LogP contribution in [-0.4, -0.2) is 80.1 Å². The molecule has 0 saturated heterocycles. The highest BCUT2D eigenvalue weighted by molar-refractivity contribution is 5.40. The number of benzene rings is 3. The zero-order valence-corrected chi connectivity index (χ0v) is 25.0. The van der Waals surface area contributed by atoms with E-state index in [2.05, 4.69) is 17.0 Å². The van der Waals surface area contributed by atoms with Crippen molar-refractivity contribution in [2.75, 3.05) is 52.7 Å². The number of hydrogen-bond acceptors (Lipinski definition) is 8. The first-order valence-corrected chi connectivity index (χ1v) is 15.0. The average Bonchev–Trinajstić information content (AvgIpc) is 3.00. The largest absolute Gasteiger partial charge is 0.490 e. The van der Waals surface area contributed by atoms with Gasteiger partial charge < -0.3 is 33.9 Å². The molecule has 3 aromatic rings. The van der Waals surface area contributed by atoms with E-state index in [0.29, 0.717) is 75.5 Å². The van der Waals surface area contributed by atoms with Gasteiger partial charge in [-0.1, -0.05) is 54.6 Å². The highest BCUT2D eigenvalue weighted by atomic mass is 16.5. The maximum atomic E-state index is 10.8. The molecule has 0 aliphatic rings. The number of unbranched alkanes of at least 4 members (excludes halogenated alkanes) is 1. The predicted octanol–water partition coefficient (Wildman–Crippen LogP) is 5.35. The lowest BCUT2D eigenvalue weighted by molar-refractivity contribution is 0.0443. The summed E-state index contributed by atoms with van der Waals surface area (Å²) in [6, 6.07) is 25.2. The Morgan fingerprint density at radius 3 is 1.71 bits per heavy atom. The molecule has 0 amide bonds. The molecule has 0 spiro atoms. The second kappa shape index (κ2) is 19.8. The Morgan fingerprint density at radius 1 is 0.619 bits per heavy atom. The standard InChI is InChI=1S/C34H47NO7/c1-3-39-31-17-8-10-19-33(31)41-26-29(36)16-12-13-22-38-23-21-35(24-28-14-6-5-7-15-28)25-30(37)27-42-34-20-11-9-18-32(34)40-4-2/h5-11,14-15,17-20,29-30,36-37H,3-4,12-13,16,21-27H2,1-2H3. The number of hydrogen-bond donors (Lipinski definition) is 2. The van der Waals surface area contributed by atoms with Gasteiger partial charge >= 0.3 is 0 Å². The van der Waals surface area contributed by atoms with Crippen LogP contribution >= 0.6 is 0 Å². The van der Waals surface area contributed by atoms with E-state index in [-0.39, 0.29) is 13.2 Å². The number of rotatable bonds is 22. The van der Waals surface area contributed by atoms with Crippen LogP contribution in [0.2, 0.25) is 0 Å². The van der Waals surface area contributed by atoms with Crippen molar-refractivity contribution >= 4 is 0 Å². The Hall–Kier alpha value is -3.30. The molecule has 3 rings (SSSR count). The average molecular weight is 582 g/mol. The minimum Gasteiger partial charge on any atom is -0.490 e. The topological polar surface area (TPSA) is 89.9 Å². The maximum absolute atomic E-state index is 10.8. The van der Waals surface area contributed by atoms with E-state index >= 15 is 0 Å². The molecule has 2 unspecified atom stereocenters. The van der Waals surface area contributed by atoms with Crippen LogP contribution in [0.4, 0.5) is 0 Å². The van der Waals surface area contributed by atoms with E-state index in [1.807, 2.05) is 80.6 Å². The van der Waals surface area contributed by atoms with Crippen molar-refractivity contribution < 1.29 is 33.9 Å². The minimum atomic E-state index is -0.674. The van der Waals surface area contributed by atoms with Crippen LogP contribution in [0.5, 0.6) is 23.0 Å². The molecule has 230 valence electrons. The first-order valence-electron chi connectivity index (χ1n) is 15.0. The number of aliphatic hydroxyl groups excluding tert-OH is 2. The van der Waals surface area contributed by atoms with Crippen LogP contribution in [0.25, 0.3) is 0 Å². The summed E-state index contributed by atoms with van der Waals surface area (Å²) in [7, 11) is 0. The molecule has 0 heterocycles. The van der Waals surface area contributed by atoms with Gasteiger partial charge in [0.2, 0.25) is 0 Å². The van der Waals surface area contributed by atoms with Crippen LogP contribution < -0.4 is 18.9 Å². The fourth-order valence-electron chi connectivity index (χ4n) is 4.45. The van der Waals surface area contributed by atoms with Crippen molar-refractivity contribution in [1.29, 1.82) is 0 Å². The zero-order valence-electron chi connectivity index (χ0n) is 25.0. The quantitative estimate of drug-likeness (QED) is 0.154. The SMILES string of the molecule is CCOc1ccccc1OCC(O)CCCCOCCN(Cc1ccccc1)CC(O)COc1ccccc1OCC. The molecule has 0 aliphatic heterocycles. The summed E-state index contributed by atoms with van der Waals surface area (Å²) in [6.45, 7) is 8.35. The van der Waals surface area contributed by atoms with E-state index < -0.39 is 12.2 Å². The molecule has 42 heavy (non-hydrogen) atoms. The lowest BCUT2D eigenvalue weighted by atomic mass is 10.1. The zero-order chi connectivity index (χ0) is 29.8. The van der Waals surface area contributed by atoms with Crippen molar-refractivity contribution in [3.63, 3.8) is 0 Å². The van der Waals surface area contributed by atoms with Gasteiger partial charge in [-0.05, 0) is 62.9 Å². The second-order valence-corrected chi connectivity index (χ2v) is 10.0. The van der Waals surface area contributed by atoms with Gasteiger partial charge in [0.05, 0.1) is 25.9 Å². The van der Waals surface area contributed by atoms with Gasteiger partial charge in [0.15, 0.2) is 23.0 Å². The summed E-state index contributed by atoms with van der Waals surface area (Å²) in [5, 5.41) is 21.1. The van der Waals surface area contributed by atoms with Crippen LogP contribution in [0.1, 0.15) is 38.7 Å². The Balaban J connectivity index is 1.35. The van der Waals surface area contributed by atoms with Gasteiger partial charge in [-0.15, -0.1) is 0 Å². The summed E-state index contributed by atoms with van der Waals surface area (Å²) in [6.07, 6.45) is 1.10. The summed E-state index contributed by atoms with van der Waals surface area (Å²) in [5.41, 5.74) is 1.17. The third-order valence-corrected chi connectivity index (χ3v) is 6.51. The molecule has 0 radical (unpaired) electrons. The normalized spacial score (nSPS) is 12.6. The minimum absolute atomic E-state index is 0.166. The number of ether oxygens (including phenoxy) is 5. The van der Waals surface area contributed by atoms with E-state index in [1.165, 1.54) is 5.56 Å². The number of para-hydroxylation sites is 4. The first-order chi connectivity index (χ1) is 20.6. The molecule has 8 heteroatoms. The molecule has 2 atom stereocenters. The molecule has 0 bridgehead atoms. The Bertz CT molecular complexity index is 1110. The molecule has 0 fully saturated rings. The van der Waals surface area contributed by atoms with Crippen molar-refractivity contribution in [1.82, 2.24) is 4.90 Å². The smallest absolute Gasteiger partial charge is 0.161 e. The van der Waals surface area contributed by atoms with Crippen molar-refractivity contribution in [3.8, 4) is 23.0 Å². The van der Waals surface area contributed by atoms with Gasteiger partial charge in [-0.3, -0.25) is 4.90 Å². The van der Waals surface area contributed by atoms with E-state index in [4.69, 9.17) is 23.7 Å². The third-order valence-electron chi connectivity index (χ3n) is 6.51. The van der Waals surface area contributed by atoms with E-state index in [0.717, 1.165) is 12.8 Å². The van der Waals surface area contributed by atoms with E-state index in [1.54, 1.807) is 0 Å². The fraction of sp³-hybridized carbons (Fsp3) is 0.471. The van der Waals surface area contributed by atoms with Gasteiger partial charge in [-0.25, -0.2) is 0 Å². The fourth-order valence-corrected chi connectivity index (χ4v) is 4.45. The highest BCUT2D eigenvalue weighted by Crippen LogP contribution is 2.27. The molecular weight excluding hydrogens is 534 g/mol. The first kappa shape index (κ1) is 33.2. The summed E-state index contributed by atoms with van der Waals surface area (Å²) >= 11 is 0. The maximum Gasteiger partial charge on any atom is 0.161 e. The van der Waals surface area contributed by atoms with Crippen molar-refractivity contribution in [2.45, 2.75) is 51.9 Å². The molecule has 8 nitrogen and oxygen atoms in total. The van der Waals surface area contributed by atoms with Crippen molar-refractivity contribution in [3.05, 3.63) is 84.4 Å². The Kier molecular flexibility index (Phi) is 15.6. The van der Waals surface area contributed by atoms with Crippen LogP contribution in [-0.2, 0) is 11.3 Å². The van der Waals surface area contributed by atoms with Crippen molar-refractivity contribution in [2.24, 2.45) is 0 Å². The molecule has 0 aromatic heterocycles. The van der Waals surface area contributed by atoms with Gasteiger partial charge in [0, 0.05) is 26.2 Å². The number of nitrogens with zero attached hydrogens (tertiary/aromatic N) is 1. The second-order valence-electron chi connectivity index (χ2n) is 10.0. The van der Waals surface area contributed by atoms with Gasteiger partial charge in [-0.2, -0.15) is 0 Å². The summed E-state index contributed by atoms with van der Waals surface area (Å²) in [5.74, 6) is 2.64. The summed E-state index contributed by atoms with van der Waals surface area (Å²) < 4.78 is 28.7. The molecule has 0 saturated carbocycles. The molecule has 2 N–H and O–H groups in total. The molecule has 3 aromatic carbocycles. The summed E-state index contributed by atoms with van der Waals surface area (Å²) in [4.78, 5) is 2.18. The lowest BCUT2D eigenvalue weighted by Gasteiger charge is -2.25. The number of aliphatic hydroxyl groups is 2. The van der Waals surface area contributed by atoms with E-state index in [9.17, 15) is 10.2 Å². The Morgan fingerprint density at radius 2 is 1.14 bits per heavy atom. The molecular formula is C34H47NO7. The van der Waals surface area contributed by atoms with Gasteiger partial charge in [0.1, 0.15) is 19.3 Å². The lowest BCUT2D eigenvalue weighted by Crippen LogP contribution is -2.37. The van der Waals surface area contributed by atoms with Crippen LogP contribution in [0, 0.1) is 0 Å². The van der Waals surface area contributed by atoms with Crippen LogP contribution in [0.3, 0.4) is 0 Å². The van der Waals surface area contributed by atoms with Crippen LogP contribution in [0.15, 0.2) is 78.9 Å². The third kappa shape index (κ3) is 12.7. The molecule has 0 aliphatic carbocycles. The predicted molar refractivity (Wildman–Crippen MR) is 165 cm³/mol. The highest BCUT2D eigenvalue weighted by Gasteiger charge is 2.15. The monoisotopic (exact) mass is 581 g/mol.